The number of nitrogens with zero attached hydrogens (tertiary/aromatic N) is 1. The zero-order valence-corrected chi connectivity index (χ0v) is 13.2. The van der Waals surface area contributed by atoms with E-state index in [1.807, 2.05) is 13.8 Å². The number of ether oxygens (including phenoxy) is 2. The van der Waals surface area contributed by atoms with Gasteiger partial charge in [-0.1, -0.05) is 13.8 Å². The molecule has 1 amide bonds. The number of nitrogens with one attached hydrogen (secondary N) is 1. The highest BCUT2D eigenvalue weighted by Crippen LogP contribution is 2.23. The van der Waals surface area contributed by atoms with Crippen molar-refractivity contribution in [1.82, 2.24) is 0 Å². The summed E-state index contributed by atoms with van der Waals surface area (Å²) in [5.74, 6) is 0.707. The molecule has 114 valence electrons. The van der Waals surface area contributed by atoms with Crippen LogP contribution in [0.3, 0.4) is 0 Å². The Bertz CT molecular complexity index is 545. The second-order valence-electron chi connectivity index (χ2n) is 5.69. The molecule has 1 rings (SSSR count). The first-order valence-electron chi connectivity index (χ1n) is 6.83. The Morgan fingerprint density at radius 2 is 2.10 bits per heavy atom. The van der Waals surface area contributed by atoms with Crippen molar-refractivity contribution in [1.29, 1.82) is 5.26 Å². The molecule has 0 aromatic heterocycles. The molecule has 0 bridgehead atoms. The first kappa shape index (κ1) is 17.0. The SMILES string of the molecule is COC(C)(C)C(=O)Nc1ccc(OCC(C)C)cc1C#N. The monoisotopic (exact) mass is 290 g/mol. The van der Waals surface area contributed by atoms with Crippen molar-refractivity contribution >= 4 is 11.6 Å². The fourth-order valence-corrected chi connectivity index (χ4v) is 1.44. The molecule has 0 fully saturated rings. The standard InChI is InChI=1S/C16H22N2O3/c1-11(2)10-21-13-6-7-14(12(8-13)9-17)18-15(19)16(3,4)20-5/h6-8,11H,10H2,1-5H3,(H,18,19). The maximum atomic E-state index is 12.1. The molecule has 1 N–H and O–H groups in total. The van der Waals surface area contributed by atoms with Crippen LogP contribution in [0, 0.1) is 17.2 Å². The molecule has 0 aliphatic rings. The van der Waals surface area contributed by atoms with E-state index in [4.69, 9.17) is 9.47 Å². The zero-order valence-electron chi connectivity index (χ0n) is 13.2. The lowest BCUT2D eigenvalue weighted by Gasteiger charge is -2.22. The van der Waals surface area contributed by atoms with Gasteiger partial charge >= 0.3 is 0 Å². The molecular formula is C16H22N2O3. The minimum Gasteiger partial charge on any atom is -0.493 e. The number of methoxy groups -OCH3 is 1. The average molecular weight is 290 g/mol. The predicted molar refractivity (Wildman–Crippen MR) is 81.2 cm³/mol. The molecule has 1 aromatic rings. The lowest BCUT2D eigenvalue weighted by atomic mass is 10.1. The van der Waals surface area contributed by atoms with Crippen LogP contribution in [0.15, 0.2) is 18.2 Å². The molecule has 0 saturated carbocycles. The van der Waals surface area contributed by atoms with Crippen LogP contribution in [0.1, 0.15) is 33.3 Å². The molecular weight excluding hydrogens is 268 g/mol. The fourth-order valence-electron chi connectivity index (χ4n) is 1.44. The smallest absolute Gasteiger partial charge is 0.256 e. The predicted octanol–water partition coefficient (Wildman–Crippen LogP) is 2.96. The van der Waals surface area contributed by atoms with Gasteiger partial charge in [0.1, 0.15) is 17.4 Å². The summed E-state index contributed by atoms with van der Waals surface area (Å²) in [5.41, 5.74) is -0.152. The number of amides is 1. The summed E-state index contributed by atoms with van der Waals surface area (Å²) < 4.78 is 10.7. The van der Waals surface area contributed by atoms with Crippen molar-refractivity contribution in [2.45, 2.75) is 33.3 Å². The van der Waals surface area contributed by atoms with Gasteiger partial charge in [-0.3, -0.25) is 4.79 Å². The first-order valence-corrected chi connectivity index (χ1v) is 6.83. The highest BCUT2D eigenvalue weighted by molar-refractivity contribution is 5.97. The summed E-state index contributed by atoms with van der Waals surface area (Å²) >= 11 is 0. The lowest BCUT2D eigenvalue weighted by molar-refractivity contribution is -0.133. The summed E-state index contributed by atoms with van der Waals surface area (Å²) in [6.07, 6.45) is 0. The number of carbonyl (C=O) groups is 1. The van der Waals surface area contributed by atoms with Crippen molar-refractivity contribution in [3.8, 4) is 11.8 Å². The van der Waals surface area contributed by atoms with E-state index in [1.54, 1.807) is 32.0 Å². The maximum absolute atomic E-state index is 12.1. The number of hydrogen-bond acceptors (Lipinski definition) is 4. The molecule has 21 heavy (non-hydrogen) atoms. The number of anilines is 1. The molecule has 0 unspecified atom stereocenters. The van der Waals surface area contributed by atoms with Gasteiger partial charge in [-0.15, -0.1) is 0 Å². The molecule has 0 radical (unpaired) electrons. The van der Waals surface area contributed by atoms with Crippen LogP contribution in [-0.4, -0.2) is 25.2 Å². The van der Waals surface area contributed by atoms with E-state index >= 15 is 0 Å². The van der Waals surface area contributed by atoms with Crippen molar-refractivity contribution < 1.29 is 14.3 Å². The van der Waals surface area contributed by atoms with E-state index in [-0.39, 0.29) is 5.91 Å². The van der Waals surface area contributed by atoms with E-state index in [2.05, 4.69) is 11.4 Å². The third kappa shape index (κ3) is 4.76. The summed E-state index contributed by atoms with van der Waals surface area (Å²) in [6.45, 7) is 8.00. The Morgan fingerprint density at radius 1 is 1.43 bits per heavy atom. The van der Waals surface area contributed by atoms with Crippen LogP contribution >= 0.6 is 0 Å². The van der Waals surface area contributed by atoms with Crippen LogP contribution in [0.5, 0.6) is 5.75 Å². The number of hydrogen-bond donors (Lipinski definition) is 1. The van der Waals surface area contributed by atoms with Gasteiger partial charge in [0, 0.05) is 7.11 Å². The first-order chi connectivity index (χ1) is 9.80. The van der Waals surface area contributed by atoms with Gasteiger partial charge in [-0.05, 0) is 38.0 Å². The van der Waals surface area contributed by atoms with Gasteiger partial charge in [0.25, 0.3) is 5.91 Å². The quantitative estimate of drug-likeness (QED) is 0.874. The lowest BCUT2D eigenvalue weighted by Crippen LogP contribution is -2.39. The summed E-state index contributed by atoms with van der Waals surface area (Å²) in [4.78, 5) is 12.1. The molecule has 1 aromatic carbocycles. The Labute approximate surface area is 125 Å². The molecule has 0 aliphatic carbocycles. The van der Waals surface area contributed by atoms with Crippen molar-refractivity contribution in [3.63, 3.8) is 0 Å². The van der Waals surface area contributed by atoms with E-state index in [1.165, 1.54) is 7.11 Å². The second kappa shape index (κ2) is 7.09. The largest absolute Gasteiger partial charge is 0.493 e. The topological polar surface area (TPSA) is 71.3 Å². The van der Waals surface area contributed by atoms with Crippen LogP contribution < -0.4 is 10.1 Å². The minimum absolute atomic E-state index is 0.308. The Balaban J connectivity index is 2.90. The summed E-state index contributed by atoms with van der Waals surface area (Å²) in [5, 5.41) is 11.9. The minimum atomic E-state index is -0.959. The van der Waals surface area contributed by atoms with Gasteiger partial charge in [0.2, 0.25) is 0 Å². The summed E-state index contributed by atoms with van der Waals surface area (Å²) in [6, 6.07) is 7.09. The van der Waals surface area contributed by atoms with Crippen LogP contribution in [0.4, 0.5) is 5.69 Å². The molecule has 0 atom stereocenters. The van der Waals surface area contributed by atoms with Crippen LogP contribution in [-0.2, 0) is 9.53 Å². The normalized spacial score (nSPS) is 11.1. The van der Waals surface area contributed by atoms with E-state index < -0.39 is 5.60 Å². The van der Waals surface area contributed by atoms with Crippen LogP contribution in [0.25, 0.3) is 0 Å². The van der Waals surface area contributed by atoms with E-state index in [9.17, 15) is 10.1 Å². The zero-order chi connectivity index (χ0) is 16.0. The van der Waals surface area contributed by atoms with Gasteiger partial charge in [-0.25, -0.2) is 0 Å². The molecule has 0 saturated heterocycles. The Kier molecular flexibility index (Phi) is 5.74. The van der Waals surface area contributed by atoms with E-state index in [0.717, 1.165) is 0 Å². The van der Waals surface area contributed by atoms with Crippen molar-refractivity contribution in [2.24, 2.45) is 5.92 Å². The molecule has 5 nitrogen and oxygen atoms in total. The third-order valence-corrected chi connectivity index (χ3v) is 3.00. The molecule has 0 aliphatic heterocycles. The Hall–Kier alpha value is -2.06. The molecule has 0 heterocycles. The fraction of sp³-hybridized carbons (Fsp3) is 0.500. The Morgan fingerprint density at radius 3 is 2.62 bits per heavy atom. The van der Waals surface area contributed by atoms with Crippen molar-refractivity contribution in [3.05, 3.63) is 23.8 Å². The number of nitriles is 1. The third-order valence-electron chi connectivity index (χ3n) is 3.00. The van der Waals surface area contributed by atoms with E-state index in [0.29, 0.717) is 29.5 Å². The van der Waals surface area contributed by atoms with Gasteiger partial charge in [0.15, 0.2) is 0 Å². The maximum Gasteiger partial charge on any atom is 0.256 e. The molecule has 0 spiro atoms. The number of carbonyl (C=O) groups excluding carboxylic acids is 1. The van der Waals surface area contributed by atoms with Crippen molar-refractivity contribution in [2.75, 3.05) is 19.0 Å². The number of rotatable bonds is 6. The highest BCUT2D eigenvalue weighted by Gasteiger charge is 2.27. The van der Waals surface area contributed by atoms with Gasteiger partial charge in [-0.2, -0.15) is 5.26 Å². The number of benzene rings is 1. The average Bonchev–Trinajstić information content (AvgIpc) is 2.45. The molecule has 5 heteroatoms. The summed E-state index contributed by atoms with van der Waals surface area (Å²) in [7, 11) is 1.47. The van der Waals surface area contributed by atoms with Gasteiger partial charge in [0.05, 0.1) is 17.9 Å². The van der Waals surface area contributed by atoms with Gasteiger partial charge < -0.3 is 14.8 Å². The second-order valence-corrected chi connectivity index (χ2v) is 5.69. The van der Waals surface area contributed by atoms with Crippen LogP contribution in [0.2, 0.25) is 0 Å². The highest BCUT2D eigenvalue weighted by atomic mass is 16.5.